The molecule has 1 aliphatic rings. The van der Waals surface area contributed by atoms with Gasteiger partial charge in [-0.05, 0) is 6.42 Å². The zero-order valence-corrected chi connectivity index (χ0v) is 9.69. The minimum atomic E-state index is 0.979. The number of unbranched alkanes of at least 4 members (excludes halogenated alkanes) is 7. The fourth-order valence-electron chi connectivity index (χ4n) is 1.90. The highest BCUT2D eigenvalue weighted by Gasteiger charge is 2.17. The van der Waals surface area contributed by atoms with Gasteiger partial charge in [0.1, 0.15) is 0 Å². The molecule has 1 nitrogen and oxygen atoms in total. The minimum Gasteiger partial charge on any atom is -0.372 e. The van der Waals surface area contributed by atoms with Crippen molar-refractivity contribution in [3.05, 3.63) is 6.10 Å². The molecular weight excluding hydrogens is 172 g/mol. The zero-order chi connectivity index (χ0) is 10.1. The van der Waals surface area contributed by atoms with Gasteiger partial charge in [-0.3, -0.25) is 0 Å². The molecule has 0 aromatic carbocycles. The monoisotopic (exact) mass is 197 g/mol. The normalized spacial score (nSPS) is 16.9. The SMILES string of the molecule is CCCCCCCCCC[C]1CCO1. The first kappa shape index (κ1) is 12.0. The van der Waals surface area contributed by atoms with Crippen molar-refractivity contribution >= 4 is 0 Å². The van der Waals surface area contributed by atoms with E-state index in [1.807, 2.05) is 0 Å². The Labute approximate surface area is 89.2 Å². The van der Waals surface area contributed by atoms with Crippen LogP contribution in [0.25, 0.3) is 0 Å². The summed E-state index contributed by atoms with van der Waals surface area (Å²) in [4.78, 5) is 0. The van der Waals surface area contributed by atoms with Crippen LogP contribution in [-0.2, 0) is 4.74 Å². The Hall–Kier alpha value is -0.0400. The number of hydrogen-bond donors (Lipinski definition) is 0. The van der Waals surface area contributed by atoms with Crippen LogP contribution in [0.3, 0.4) is 0 Å². The molecule has 83 valence electrons. The molecule has 0 unspecified atom stereocenters. The van der Waals surface area contributed by atoms with Crippen molar-refractivity contribution in [3.63, 3.8) is 0 Å². The Morgan fingerprint density at radius 3 is 2.00 bits per heavy atom. The fourth-order valence-corrected chi connectivity index (χ4v) is 1.90. The Morgan fingerprint density at radius 1 is 0.929 bits per heavy atom. The van der Waals surface area contributed by atoms with E-state index < -0.39 is 0 Å². The van der Waals surface area contributed by atoms with Crippen LogP contribution in [0.4, 0.5) is 0 Å². The van der Waals surface area contributed by atoms with E-state index in [9.17, 15) is 0 Å². The summed E-state index contributed by atoms with van der Waals surface area (Å²) >= 11 is 0. The van der Waals surface area contributed by atoms with Gasteiger partial charge in [0, 0.05) is 6.42 Å². The lowest BCUT2D eigenvalue weighted by atomic mass is 10.0. The van der Waals surface area contributed by atoms with Crippen molar-refractivity contribution in [1.29, 1.82) is 0 Å². The van der Waals surface area contributed by atoms with E-state index >= 15 is 0 Å². The van der Waals surface area contributed by atoms with Gasteiger partial charge in [-0.25, -0.2) is 0 Å². The largest absolute Gasteiger partial charge is 0.372 e. The topological polar surface area (TPSA) is 9.23 Å². The Bertz CT molecular complexity index is 118. The molecule has 0 amide bonds. The second-order valence-corrected chi connectivity index (χ2v) is 4.36. The van der Waals surface area contributed by atoms with Crippen molar-refractivity contribution in [2.24, 2.45) is 0 Å². The highest BCUT2D eigenvalue weighted by Crippen LogP contribution is 2.25. The van der Waals surface area contributed by atoms with Crippen molar-refractivity contribution in [1.82, 2.24) is 0 Å². The molecule has 0 bridgehead atoms. The maximum absolute atomic E-state index is 5.31. The minimum absolute atomic E-state index is 0.979. The second-order valence-electron chi connectivity index (χ2n) is 4.36. The van der Waals surface area contributed by atoms with E-state index in [2.05, 4.69) is 6.92 Å². The molecule has 1 radical (unpaired) electrons. The first-order valence-electron chi connectivity index (χ1n) is 6.41. The molecule has 0 N–H and O–H groups in total. The molecule has 0 saturated carbocycles. The summed E-state index contributed by atoms with van der Waals surface area (Å²) in [5.41, 5.74) is 0. The molecule has 1 fully saturated rings. The standard InChI is InChI=1S/C13H25O/c1-2-3-4-5-6-7-8-9-10-13-11-12-14-13/h2-12H2,1H3. The summed E-state index contributed by atoms with van der Waals surface area (Å²) in [7, 11) is 0. The van der Waals surface area contributed by atoms with Crippen LogP contribution in [0, 0.1) is 6.10 Å². The molecule has 1 heteroatoms. The first-order chi connectivity index (χ1) is 6.93. The Kier molecular flexibility index (Phi) is 7.12. The molecule has 0 aliphatic carbocycles. The van der Waals surface area contributed by atoms with E-state index in [0.717, 1.165) is 6.61 Å². The number of ether oxygens (including phenoxy) is 1. The fraction of sp³-hybridized carbons (Fsp3) is 0.923. The van der Waals surface area contributed by atoms with E-state index in [0.29, 0.717) is 0 Å². The van der Waals surface area contributed by atoms with Gasteiger partial charge < -0.3 is 4.74 Å². The number of hydrogen-bond acceptors (Lipinski definition) is 1. The van der Waals surface area contributed by atoms with E-state index in [1.165, 1.54) is 70.3 Å². The van der Waals surface area contributed by atoms with Gasteiger partial charge in [-0.15, -0.1) is 0 Å². The molecule has 0 aromatic rings. The molecule has 1 saturated heterocycles. The molecule has 1 rings (SSSR count). The van der Waals surface area contributed by atoms with Crippen LogP contribution in [0.2, 0.25) is 0 Å². The molecule has 0 spiro atoms. The maximum atomic E-state index is 5.31. The summed E-state index contributed by atoms with van der Waals surface area (Å²) in [6.45, 7) is 3.25. The molecular formula is C13H25O. The van der Waals surface area contributed by atoms with Gasteiger partial charge in [-0.2, -0.15) is 0 Å². The zero-order valence-electron chi connectivity index (χ0n) is 9.69. The van der Waals surface area contributed by atoms with Gasteiger partial charge in [0.2, 0.25) is 0 Å². The third-order valence-electron chi connectivity index (χ3n) is 3.00. The Morgan fingerprint density at radius 2 is 1.50 bits per heavy atom. The van der Waals surface area contributed by atoms with E-state index in [4.69, 9.17) is 4.74 Å². The van der Waals surface area contributed by atoms with Crippen LogP contribution in [0.1, 0.15) is 71.1 Å². The van der Waals surface area contributed by atoms with Gasteiger partial charge in [0.05, 0.1) is 12.7 Å². The van der Waals surface area contributed by atoms with Crippen LogP contribution in [0.5, 0.6) is 0 Å². The van der Waals surface area contributed by atoms with E-state index in [-0.39, 0.29) is 0 Å². The van der Waals surface area contributed by atoms with Crippen LogP contribution in [-0.4, -0.2) is 6.61 Å². The lowest BCUT2D eigenvalue weighted by Crippen LogP contribution is -2.17. The third kappa shape index (κ3) is 5.64. The molecule has 0 atom stereocenters. The van der Waals surface area contributed by atoms with Crippen molar-refractivity contribution < 1.29 is 4.74 Å². The summed E-state index contributed by atoms with van der Waals surface area (Å²) in [5.74, 6) is 0. The van der Waals surface area contributed by atoms with Crippen LogP contribution >= 0.6 is 0 Å². The van der Waals surface area contributed by atoms with Gasteiger partial charge >= 0.3 is 0 Å². The molecule has 14 heavy (non-hydrogen) atoms. The summed E-state index contributed by atoms with van der Waals surface area (Å²) in [6, 6.07) is 0. The van der Waals surface area contributed by atoms with Crippen LogP contribution < -0.4 is 0 Å². The highest BCUT2D eigenvalue weighted by atomic mass is 16.5. The summed E-state index contributed by atoms with van der Waals surface area (Å²) in [5, 5.41) is 0. The number of rotatable bonds is 9. The average Bonchev–Trinajstić information content (AvgIpc) is 2.13. The van der Waals surface area contributed by atoms with Gasteiger partial charge in [0.15, 0.2) is 0 Å². The second kappa shape index (κ2) is 8.28. The quantitative estimate of drug-likeness (QED) is 0.495. The summed E-state index contributed by atoms with van der Waals surface area (Å²) in [6.07, 6.45) is 15.1. The highest BCUT2D eigenvalue weighted by molar-refractivity contribution is 4.85. The predicted octanol–water partition coefficient (Wildman–Crippen LogP) is 4.47. The van der Waals surface area contributed by atoms with Gasteiger partial charge in [0.25, 0.3) is 0 Å². The predicted molar refractivity (Wildman–Crippen MR) is 61.0 cm³/mol. The Balaban J connectivity index is 1.67. The average molecular weight is 197 g/mol. The molecule has 0 aromatic heterocycles. The van der Waals surface area contributed by atoms with Crippen molar-refractivity contribution in [2.45, 2.75) is 71.1 Å². The smallest absolute Gasteiger partial charge is 0.0993 e. The third-order valence-corrected chi connectivity index (χ3v) is 3.00. The lowest BCUT2D eigenvalue weighted by molar-refractivity contribution is 0.0337. The molecule has 1 aliphatic heterocycles. The molecule has 1 heterocycles. The summed E-state index contributed by atoms with van der Waals surface area (Å²) < 4.78 is 5.31. The first-order valence-corrected chi connectivity index (χ1v) is 6.41. The van der Waals surface area contributed by atoms with Crippen molar-refractivity contribution in [2.75, 3.05) is 6.61 Å². The van der Waals surface area contributed by atoms with E-state index in [1.54, 1.807) is 0 Å². The maximum Gasteiger partial charge on any atom is 0.0993 e. The van der Waals surface area contributed by atoms with Crippen molar-refractivity contribution in [3.8, 4) is 0 Å². The van der Waals surface area contributed by atoms with Crippen LogP contribution in [0.15, 0.2) is 0 Å². The lowest BCUT2D eigenvalue weighted by Gasteiger charge is -2.24. The van der Waals surface area contributed by atoms with Gasteiger partial charge in [-0.1, -0.05) is 58.3 Å².